The molecule has 2 rings (SSSR count). The van der Waals surface area contributed by atoms with E-state index in [1.807, 2.05) is 0 Å². The molecule has 0 aliphatic carbocycles. The van der Waals surface area contributed by atoms with Crippen molar-refractivity contribution in [3.8, 4) is 16.9 Å². The van der Waals surface area contributed by atoms with Crippen LogP contribution in [-0.2, 0) is 0 Å². The molecule has 2 aromatic rings. The molecule has 0 saturated carbocycles. The summed E-state index contributed by atoms with van der Waals surface area (Å²) in [5.74, 6) is -1.93. The molecule has 7 heteroatoms. The van der Waals surface area contributed by atoms with E-state index in [0.29, 0.717) is 5.56 Å². The quantitative estimate of drug-likeness (QED) is 0.683. The summed E-state index contributed by atoms with van der Waals surface area (Å²) in [5, 5.41) is 0. The summed E-state index contributed by atoms with van der Waals surface area (Å²) in [5.41, 5.74) is 5.01. The second-order valence-corrected chi connectivity index (χ2v) is 4.29. The molecule has 0 radical (unpaired) electrons. The first-order chi connectivity index (χ1) is 9.76. The number of nitrogen functional groups attached to an aromatic ring is 1. The Hall–Kier alpha value is -2.31. The minimum Gasteiger partial charge on any atom is -0.484 e. The van der Waals surface area contributed by atoms with Crippen LogP contribution in [0, 0.1) is 11.6 Å². The lowest BCUT2D eigenvalue weighted by Crippen LogP contribution is -2.19. The van der Waals surface area contributed by atoms with Gasteiger partial charge in [0.05, 0.1) is 0 Å². The Morgan fingerprint density at radius 1 is 0.952 bits per heavy atom. The van der Waals surface area contributed by atoms with E-state index < -0.39 is 30.1 Å². The van der Waals surface area contributed by atoms with Crippen LogP contribution >= 0.6 is 0 Å². The molecule has 2 nitrogen and oxygen atoms in total. The van der Waals surface area contributed by atoms with E-state index >= 15 is 0 Å². The molecule has 0 fully saturated rings. The first-order valence-corrected chi connectivity index (χ1v) is 5.81. The van der Waals surface area contributed by atoms with Crippen molar-refractivity contribution < 1.29 is 26.7 Å². The Labute approximate surface area is 116 Å². The fraction of sp³-hybridized carbons (Fsp3) is 0.143. The predicted octanol–water partition coefficient (Wildman–Crippen LogP) is 4.16. The first kappa shape index (κ1) is 15.1. The second-order valence-electron chi connectivity index (χ2n) is 4.29. The number of hydrogen-bond acceptors (Lipinski definition) is 2. The molecular formula is C14H10F5NO. The molecule has 0 saturated heterocycles. The fourth-order valence-electron chi connectivity index (χ4n) is 1.68. The minimum atomic E-state index is -4.46. The van der Waals surface area contributed by atoms with Gasteiger partial charge in [0.2, 0.25) is 0 Å². The average Bonchev–Trinajstić information content (AvgIpc) is 2.41. The van der Waals surface area contributed by atoms with E-state index in [1.165, 1.54) is 24.3 Å². The summed E-state index contributed by atoms with van der Waals surface area (Å²) in [6.45, 7) is -1.44. The number of hydrogen-bond donors (Lipinski definition) is 1. The Bertz CT molecular complexity index is 631. The van der Waals surface area contributed by atoms with Gasteiger partial charge in [-0.3, -0.25) is 0 Å². The smallest absolute Gasteiger partial charge is 0.422 e. The lowest BCUT2D eigenvalue weighted by atomic mass is 10.0. The van der Waals surface area contributed by atoms with Gasteiger partial charge in [0.1, 0.15) is 23.1 Å². The van der Waals surface area contributed by atoms with E-state index in [4.69, 9.17) is 5.73 Å². The van der Waals surface area contributed by atoms with Crippen molar-refractivity contribution in [3.05, 3.63) is 48.0 Å². The highest BCUT2D eigenvalue weighted by Crippen LogP contribution is 2.28. The molecule has 2 aromatic carbocycles. The van der Waals surface area contributed by atoms with E-state index in [-0.39, 0.29) is 11.3 Å². The molecule has 0 bridgehead atoms. The highest BCUT2D eigenvalue weighted by Gasteiger charge is 2.28. The van der Waals surface area contributed by atoms with Gasteiger partial charge in [-0.25, -0.2) is 8.78 Å². The third-order valence-corrected chi connectivity index (χ3v) is 2.65. The minimum absolute atomic E-state index is 0.0533. The summed E-state index contributed by atoms with van der Waals surface area (Å²) in [4.78, 5) is 0. The molecule has 0 aliphatic rings. The maximum Gasteiger partial charge on any atom is 0.422 e. The first-order valence-electron chi connectivity index (χ1n) is 5.81. The fourth-order valence-corrected chi connectivity index (χ4v) is 1.68. The van der Waals surface area contributed by atoms with Crippen molar-refractivity contribution in [2.24, 2.45) is 0 Å². The molecule has 2 N–H and O–H groups in total. The molecule has 0 spiro atoms. The van der Waals surface area contributed by atoms with Crippen LogP contribution in [0.3, 0.4) is 0 Å². The molecule has 0 aromatic heterocycles. The van der Waals surface area contributed by atoms with Crippen LogP contribution in [0.1, 0.15) is 0 Å². The normalized spacial score (nSPS) is 11.5. The van der Waals surface area contributed by atoms with Crippen LogP contribution < -0.4 is 10.5 Å². The third kappa shape index (κ3) is 3.84. The van der Waals surface area contributed by atoms with E-state index in [9.17, 15) is 22.0 Å². The van der Waals surface area contributed by atoms with Crippen molar-refractivity contribution in [1.82, 2.24) is 0 Å². The van der Waals surface area contributed by atoms with Crippen molar-refractivity contribution >= 4 is 5.69 Å². The zero-order valence-electron chi connectivity index (χ0n) is 10.5. The van der Waals surface area contributed by atoms with Gasteiger partial charge < -0.3 is 10.5 Å². The van der Waals surface area contributed by atoms with Crippen LogP contribution in [0.2, 0.25) is 0 Å². The standard InChI is InChI=1S/C14H10F5NO/c15-11-5-9(6-12(16)13(11)20)8-2-1-3-10(4-8)21-7-14(17,18)19/h1-6H,7,20H2. The van der Waals surface area contributed by atoms with Gasteiger partial charge in [-0.15, -0.1) is 0 Å². The van der Waals surface area contributed by atoms with Crippen molar-refractivity contribution in [2.45, 2.75) is 6.18 Å². The van der Waals surface area contributed by atoms with Crippen LogP contribution in [-0.4, -0.2) is 12.8 Å². The monoisotopic (exact) mass is 303 g/mol. The largest absolute Gasteiger partial charge is 0.484 e. The van der Waals surface area contributed by atoms with Gasteiger partial charge in [-0.05, 0) is 35.4 Å². The van der Waals surface area contributed by atoms with Gasteiger partial charge in [0.15, 0.2) is 6.61 Å². The average molecular weight is 303 g/mol. The van der Waals surface area contributed by atoms with Crippen molar-refractivity contribution in [2.75, 3.05) is 12.3 Å². The lowest BCUT2D eigenvalue weighted by Gasteiger charge is -2.11. The molecule has 0 atom stereocenters. The SMILES string of the molecule is Nc1c(F)cc(-c2cccc(OCC(F)(F)F)c2)cc1F. The zero-order chi connectivity index (χ0) is 15.6. The Kier molecular flexibility index (Phi) is 4.02. The Balaban J connectivity index is 2.29. The molecule has 112 valence electrons. The highest BCUT2D eigenvalue weighted by atomic mass is 19.4. The van der Waals surface area contributed by atoms with Crippen LogP contribution in [0.15, 0.2) is 36.4 Å². The molecule has 0 amide bonds. The molecule has 0 unspecified atom stereocenters. The van der Waals surface area contributed by atoms with Gasteiger partial charge in [0.25, 0.3) is 0 Å². The summed E-state index contributed by atoms with van der Waals surface area (Å²) >= 11 is 0. The maximum absolute atomic E-state index is 13.4. The van der Waals surface area contributed by atoms with Gasteiger partial charge in [-0.1, -0.05) is 12.1 Å². The summed E-state index contributed by atoms with van der Waals surface area (Å²) in [6, 6.07) is 7.50. The third-order valence-electron chi connectivity index (χ3n) is 2.65. The topological polar surface area (TPSA) is 35.2 Å². The summed E-state index contributed by atoms with van der Waals surface area (Å²) < 4.78 is 67.6. The van der Waals surface area contributed by atoms with Crippen LogP contribution in [0.4, 0.5) is 27.6 Å². The van der Waals surface area contributed by atoms with E-state index in [1.54, 1.807) is 0 Å². The molecule has 21 heavy (non-hydrogen) atoms. The second kappa shape index (κ2) is 5.59. The van der Waals surface area contributed by atoms with Gasteiger partial charge >= 0.3 is 6.18 Å². The number of rotatable bonds is 3. The predicted molar refractivity (Wildman–Crippen MR) is 67.8 cm³/mol. The summed E-state index contributed by atoms with van der Waals surface area (Å²) in [6.07, 6.45) is -4.46. The van der Waals surface area contributed by atoms with Crippen molar-refractivity contribution in [3.63, 3.8) is 0 Å². The number of halogens is 5. The Morgan fingerprint density at radius 2 is 1.57 bits per heavy atom. The molecular weight excluding hydrogens is 293 g/mol. The highest BCUT2D eigenvalue weighted by molar-refractivity contribution is 5.67. The maximum atomic E-state index is 13.4. The number of ether oxygens (including phenoxy) is 1. The number of nitrogens with two attached hydrogens (primary N) is 1. The van der Waals surface area contributed by atoms with Crippen molar-refractivity contribution in [1.29, 1.82) is 0 Å². The van der Waals surface area contributed by atoms with Crippen LogP contribution in [0.5, 0.6) is 5.75 Å². The number of benzene rings is 2. The molecule has 0 heterocycles. The van der Waals surface area contributed by atoms with Crippen LogP contribution in [0.25, 0.3) is 11.1 Å². The number of anilines is 1. The van der Waals surface area contributed by atoms with E-state index in [0.717, 1.165) is 12.1 Å². The molecule has 0 aliphatic heterocycles. The lowest BCUT2D eigenvalue weighted by molar-refractivity contribution is -0.153. The zero-order valence-corrected chi connectivity index (χ0v) is 10.5. The Morgan fingerprint density at radius 3 is 2.14 bits per heavy atom. The van der Waals surface area contributed by atoms with E-state index in [2.05, 4.69) is 4.74 Å². The van der Waals surface area contributed by atoms with Gasteiger partial charge in [-0.2, -0.15) is 13.2 Å². The van der Waals surface area contributed by atoms with Gasteiger partial charge in [0, 0.05) is 0 Å². The summed E-state index contributed by atoms with van der Waals surface area (Å²) in [7, 11) is 0. The number of alkyl halides is 3.